The topological polar surface area (TPSA) is 55.8 Å². The molecule has 0 aliphatic heterocycles. The van der Waals surface area contributed by atoms with Crippen LogP contribution in [0.5, 0.6) is 11.5 Å². The van der Waals surface area contributed by atoms with Crippen LogP contribution in [0.15, 0.2) is 48.5 Å². The molecular weight excluding hydrogens is 244 g/mol. The molecular formula is C15H14O4. The summed E-state index contributed by atoms with van der Waals surface area (Å²) in [4.78, 5) is 10.8. The fourth-order valence-electron chi connectivity index (χ4n) is 1.65. The summed E-state index contributed by atoms with van der Waals surface area (Å²) in [5.74, 6) is 0.329. The number of carboxylic acids is 1. The van der Waals surface area contributed by atoms with Gasteiger partial charge in [-0.3, -0.25) is 0 Å². The Labute approximate surface area is 111 Å². The molecule has 0 saturated heterocycles. The monoisotopic (exact) mass is 258 g/mol. The molecule has 0 bridgehead atoms. The molecule has 4 heteroatoms. The zero-order valence-corrected chi connectivity index (χ0v) is 10.5. The first-order chi connectivity index (χ1) is 9.19. The molecule has 0 unspecified atom stereocenters. The summed E-state index contributed by atoms with van der Waals surface area (Å²) in [6.07, 6.45) is 0. The summed E-state index contributed by atoms with van der Waals surface area (Å²) in [5.41, 5.74) is 1.17. The first-order valence-electron chi connectivity index (χ1n) is 5.78. The number of benzene rings is 2. The highest BCUT2D eigenvalue weighted by atomic mass is 16.5. The molecule has 0 radical (unpaired) electrons. The van der Waals surface area contributed by atoms with E-state index in [1.54, 1.807) is 19.2 Å². The summed E-state index contributed by atoms with van der Waals surface area (Å²) in [7, 11) is 1.61. The Balaban J connectivity index is 2.05. The third-order valence-electron chi connectivity index (χ3n) is 2.62. The molecule has 0 aliphatic carbocycles. The first kappa shape index (κ1) is 13.0. The molecule has 2 aromatic carbocycles. The largest absolute Gasteiger partial charge is 0.497 e. The van der Waals surface area contributed by atoms with E-state index in [1.807, 2.05) is 24.3 Å². The highest BCUT2D eigenvalue weighted by Gasteiger charge is 2.04. The van der Waals surface area contributed by atoms with Gasteiger partial charge in [-0.25, -0.2) is 4.79 Å². The van der Waals surface area contributed by atoms with Gasteiger partial charge in [0.2, 0.25) is 0 Å². The van der Waals surface area contributed by atoms with Crippen LogP contribution in [0.3, 0.4) is 0 Å². The van der Waals surface area contributed by atoms with E-state index in [4.69, 9.17) is 14.6 Å². The van der Waals surface area contributed by atoms with Crippen molar-refractivity contribution in [2.24, 2.45) is 0 Å². The van der Waals surface area contributed by atoms with Gasteiger partial charge in [-0.2, -0.15) is 0 Å². The molecule has 0 spiro atoms. The Hall–Kier alpha value is -2.49. The van der Waals surface area contributed by atoms with Gasteiger partial charge in [0.15, 0.2) is 0 Å². The van der Waals surface area contributed by atoms with E-state index in [-0.39, 0.29) is 5.56 Å². The van der Waals surface area contributed by atoms with Crippen LogP contribution in [0.4, 0.5) is 0 Å². The molecule has 19 heavy (non-hydrogen) atoms. The van der Waals surface area contributed by atoms with Crippen molar-refractivity contribution in [2.45, 2.75) is 6.61 Å². The minimum atomic E-state index is -0.966. The number of hydrogen-bond donors (Lipinski definition) is 1. The molecule has 0 aromatic heterocycles. The minimum absolute atomic E-state index is 0.211. The van der Waals surface area contributed by atoms with Crippen molar-refractivity contribution in [1.29, 1.82) is 0 Å². The summed E-state index contributed by atoms with van der Waals surface area (Å²) < 4.78 is 10.7. The van der Waals surface area contributed by atoms with E-state index in [0.717, 1.165) is 11.3 Å². The van der Waals surface area contributed by atoms with Gasteiger partial charge in [0, 0.05) is 0 Å². The summed E-state index contributed by atoms with van der Waals surface area (Å²) >= 11 is 0. The molecule has 0 saturated carbocycles. The van der Waals surface area contributed by atoms with Gasteiger partial charge in [0.25, 0.3) is 0 Å². The maximum atomic E-state index is 10.8. The normalized spacial score (nSPS) is 9.95. The van der Waals surface area contributed by atoms with E-state index in [9.17, 15) is 4.79 Å². The fourth-order valence-corrected chi connectivity index (χ4v) is 1.65. The maximum absolute atomic E-state index is 10.8. The zero-order valence-electron chi connectivity index (χ0n) is 10.5. The fraction of sp³-hybridized carbons (Fsp3) is 0.133. The first-order valence-corrected chi connectivity index (χ1v) is 5.78. The quantitative estimate of drug-likeness (QED) is 0.895. The second kappa shape index (κ2) is 5.91. The van der Waals surface area contributed by atoms with Crippen molar-refractivity contribution in [3.8, 4) is 11.5 Å². The molecule has 0 amide bonds. The third-order valence-corrected chi connectivity index (χ3v) is 2.62. The number of aromatic carboxylic acids is 1. The molecule has 4 nitrogen and oxygen atoms in total. The SMILES string of the molecule is COc1cccc(COc2cccc(C(=O)O)c2)c1. The second-order valence-electron chi connectivity index (χ2n) is 3.97. The number of ether oxygens (including phenoxy) is 2. The van der Waals surface area contributed by atoms with E-state index in [0.29, 0.717) is 12.4 Å². The Morgan fingerprint density at radius 1 is 1.11 bits per heavy atom. The molecule has 2 aromatic rings. The van der Waals surface area contributed by atoms with Gasteiger partial charge in [0.1, 0.15) is 18.1 Å². The van der Waals surface area contributed by atoms with Crippen molar-refractivity contribution < 1.29 is 19.4 Å². The highest BCUT2D eigenvalue weighted by molar-refractivity contribution is 5.87. The zero-order chi connectivity index (χ0) is 13.7. The van der Waals surface area contributed by atoms with Crippen molar-refractivity contribution in [2.75, 3.05) is 7.11 Å². The lowest BCUT2D eigenvalue weighted by atomic mass is 10.2. The van der Waals surface area contributed by atoms with Crippen molar-refractivity contribution in [3.05, 3.63) is 59.7 Å². The van der Waals surface area contributed by atoms with Crippen LogP contribution in [-0.4, -0.2) is 18.2 Å². The Morgan fingerprint density at radius 2 is 1.84 bits per heavy atom. The summed E-state index contributed by atoms with van der Waals surface area (Å²) in [6.45, 7) is 0.361. The van der Waals surface area contributed by atoms with Crippen LogP contribution >= 0.6 is 0 Å². The maximum Gasteiger partial charge on any atom is 0.335 e. The molecule has 98 valence electrons. The number of carbonyl (C=O) groups is 1. The van der Waals surface area contributed by atoms with E-state index in [2.05, 4.69) is 0 Å². The molecule has 0 fully saturated rings. The number of rotatable bonds is 5. The van der Waals surface area contributed by atoms with Crippen LogP contribution in [-0.2, 0) is 6.61 Å². The average molecular weight is 258 g/mol. The number of methoxy groups -OCH3 is 1. The van der Waals surface area contributed by atoms with Crippen LogP contribution in [0, 0.1) is 0 Å². The van der Waals surface area contributed by atoms with E-state index in [1.165, 1.54) is 12.1 Å². The lowest BCUT2D eigenvalue weighted by Crippen LogP contribution is -1.99. The Bertz CT molecular complexity index is 578. The lowest BCUT2D eigenvalue weighted by Gasteiger charge is -2.08. The Kier molecular flexibility index (Phi) is 4.03. The second-order valence-corrected chi connectivity index (χ2v) is 3.97. The van der Waals surface area contributed by atoms with Crippen LogP contribution < -0.4 is 9.47 Å². The van der Waals surface area contributed by atoms with Crippen molar-refractivity contribution in [1.82, 2.24) is 0 Å². The molecule has 0 heterocycles. The van der Waals surface area contributed by atoms with Gasteiger partial charge >= 0.3 is 5.97 Å². The van der Waals surface area contributed by atoms with E-state index < -0.39 is 5.97 Å². The lowest BCUT2D eigenvalue weighted by molar-refractivity contribution is 0.0696. The third kappa shape index (κ3) is 3.48. The summed E-state index contributed by atoms with van der Waals surface area (Å²) in [6, 6.07) is 13.9. The minimum Gasteiger partial charge on any atom is -0.497 e. The van der Waals surface area contributed by atoms with Gasteiger partial charge in [-0.1, -0.05) is 18.2 Å². The van der Waals surface area contributed by atoms with Crippen molar-refractivity contribution in [3.63, 3.8) is 0 Å². The Morgan fingerprint density at radius 3 is 2.58 bits per heavy atom. The van der Waals surface area contributed by atoms with Gasteiger partial charge in [0.05, 0.1) is 12.7 Å². The molecule has 2 rings (SSSR count). The van der Waals surface area contributed by atoms with Crippen molar-refractivity contribution >= 4 is 5.97 Å². The molecule has 0 atom stereocenters. The number of hydrogen-bond acceptors (Lipinski definition) is 3. The summed E-state index contributed by atoms with van der Waals surface area (Å²) in [5, 5.41) is 8.89. The standard InChI is InChI=1S/C15H14O4/c1-18-13-6-2-4-11(8-13)10-19-14-7-3-5-12(9-14)15(16)17/h2-9H,10H2,1H3,(H,16,17). The van der Waals surface area contributed by atoms with Crippen LogP contribution in [0.25, 0.3) is 0 Å². The van der Waals surface area contributed by atoms with Crippen LogP contribution in [0.1, 0.15) is 15.9 Å². The van der Waals surface area contributed by atoms with Gasteiger partial charge in [-0.05, 0) is 35.9 Å². The number of carboxylic acid groups (broad SMARTS) is 1. The molecule has 1 N–H and O–H groups in total. The van der Waals surface area contributed by atoms with Gasteiger partial charge < -0.3 is 14.6 Å². The molecule has 0 aliphatic rings. The predicted octanol–water partition coefficient (Wildman–Crippen LogP) is 2.97. The van der Waals surface area contributed by atoms with E-state index >= 15 is 0 Å². The average Bonchev–Trinajstić information content (AvgIpc) is 2.45. The van der Waals surface area contributed by atoms with Gasteiger partial charge in [-0.15, -0.1) is 0 Å². The smallest absolute Gasteiger partial charge is 0.335 e. The highest BCUT2D eigenvalue weighted by Crippen LogP contribution is 2.17. The van der Waals surface area contributed by atoms with Crippen LogP contribution in [0.2, 0.25) is 0 Å². The predicted molar refractivity (Wildman–Crippen MR) is 70.7 cm³/mol.